The van der Waals surface area contributed by atoms with Gasteiger partial charge in [-0.1, -0.05) is 31.5 Å². The highest BCUT2D eigenvalue weighted by Gasteiger charge is 2.27. The Kier molecular flexibility index (Phi) is 7.70. The molecule has 156 valence electrons. The van der Waals surface area contributed by atoms with Crippen molar-refractivity contribution in [3.05, 3.63) is 50.9 Å². The van der Waals surface area contributed by atoms with Gasteiger partial charge in [-0.15, -0.1) is 11.3 Å². The smallest absolute Gasteiger partial charge is 0.256 e. The summed E-state index contributed by atoms with van der Waals surface area (Å²) in [6, 6.07) is 6.82. The van der Waals surface area contributed by atoms with E-state index in [1.54, 1.807) is 24.3 Å². The minimum Gasteiger partial charge on any atom is -0.352 e. The highest BCUT2D eigenvalue weighted by atomic mass is 35.5. The second-order valence-electron chi connectivity index (χ2n) is 7.16. The first-order chi connectivity index (χ1) is 14.0. The summed E-state index contributed by atoms with van der Waals surface area (Å²) in [7, 11) is 0. The zero-order valence-electron chi connectivity index (χ0n) is 17.0. The lowest BCUT2D eigenvalue weighted by Crippen LogP contribution is -2.30. The third-order valence-electron chi connectivity index (χ3n) is 5.29. The van der Waals surface area contributed by atoms with Gasteiger partial charge < -0.3 is 15.5 Å². The predicted molar refractivity (Wildman–Crippen MR) is 120 cm³/mol. The predicted octanol–water partition coefficient (Wildman–Crippen LogP) is 4.60. The molecule has 0 fully saturated rings. The molecule has 2 amide bonds. The van der Waals surface area contributed by atoms with Crippen LogP contribution in [0.4, 0.5) is 5.00 Å². The van der Waals surface area contributed by atoms with Gasteiger partial charge >= 0.3 is 0 Å². The van der Waals surface area contributed by atoms with E-state index in [1.807, 2.05) is 0 Å². The van der Waals surface area contributed by atoms with Crippen molar-refractivity contribution in [2.45, 2.75) is 39.5 Å². The molecule has 0 unspecified atom stereocenters. The van der Waals surface area contributed by atoms with E-state index in [2.05, 4.69) is 29.4 Å². The lowest BCUT2D eigenvalue weighted by Gasteiger charge is -2.17. The van der Waals surface area contributed by atoms with Crippen molar-refractivity contribution in [1.29, 1.82) is 0 Å². The van der Waals surface area contributed by atoms with Crippen molar-refractivity contribution in [1.82, 2.24) is 10.2 Å². The summed E-state index contributed by atoms with van der Waals surface area (Å²) in [4.78, 5) is 29.2. The van der Waals surface area contributed by atoms with Gasteiger partial charge in [0.25, 0.3) is 11.8 Å². The molecule has 5 nitrogen and oxygen atoms in total. The molecular weight excluding hydrogens is 406 g/mol. The van der Waals surface area contributed by atoms with Gasteiger partial charge in [0.05, 0.1) is 5.56 Å². The van der Waals surface area contributed by atoms with Crippen molar-refractivity contribution in [2.24, 2.45) is 0 Å². The number of hydrogen-bond donors (Lipinski definition) is 2. The topological polar surface area (TPSA) is 61.4 Å². The molecule has 0 atom stereocenters. The van der Waals surface area contributed by atoms with Crippen LogP contribution in [0.2, 0.25) is 5.02 Å². The normalized spacial score (nSPS) is 12.8. The third kappa shape index (κ3) is 5.38. The Morgan fingerprint density at radius 1 is 1.17 bits per heavy atom. The Balaban J connectivity index is 1.69. The van der Waals surface area contributed by atoms with Crippen molar-refractivity contribution < 1.29 is 9.59 Å². The molecule has 0 spiro atoms. The van der Waals surface area contributed by atoms with Crippen molar-refractivity contribution >= 4 is 39.8 Å². The Labute approximate surface area is 181 Å². The second-order valence-corrected chi connectivity index (χ2v) is 8.70. The molecule has 2 aromatic rings. The van der Waals surface area contributed by atoms with Crippen LogP contribution in [0.25, 0.3) is 0 Å². The van der Waals surface area contributed by atoms with Crippen LogP contribution in [0.5, 0.6) is 0 Å². The number of halogens is 1. The Hall–Kier alpha value is -1.89. The van der Waals surface area contributed by atoms with Crippen LogP contribution in [0.1, 0.15) is 57.8 Å². The van der Waals surface area contributed by atoms with E-state index < -0.39 is 0 Å². The number of thiophene rings is 1. The molecule has 0 radical (unpaired) electrons. The molecule has 0 aliphatic heterocycles. The lowest BCUT2D eigenvalue weighted by atomic mass is 10.1. The summed E-state index contributed by atoms with van der Waals surface area (Å²) in [6.07, 6.45) is 3.83. The summed E-state index contributed by atoms with van der Waals surface area (Å²) in [5, 5.41) is 7.14. The zero-order valence-corrected chi connectivity index (χ0v) is 18.6. The fraction of sp³-hybridized carbons (Fsp3) is 0.455. The molecule has 1 aliphatic rings. The van der Waals surface area contributed by atoms with E-state index in [0.717, 1.165) is 50.9 Å². The van der Waals surface area contributed by atoms with Gasteiger partial charge in [0, 0.05) is 22.0 Å². The van der Waals surface area contributed by atoms with Crippen LogP contribution in [-0.2, 0) is 12.8 Å². The maximum Gasteiger partial charge on any atom is 0.256 e. The first kappa shape index (κ1) is 21.8. The number of carbonyl (C=O) groups is 2. The number of amides is 2. The number of rotatable bonds is 9. The number of benzene rings is 1. The number of hydrogen-bond acceptors (Lipinski definition) is 4. The van der Waals surface area contributed by atoms with Crippen molar-refractivity contribution in [2.75, 3.05) is 31.5 Å². The first-order valence-corrected chi connectivity index (χ1v) is 11.4. The van der Waals surface area contributed by atoms with Crippen LogP contribution in [0, 0.1) is 0 Å². The van der Waals surface area contributed by atoms with Gasteiger partial charge in [-0.2, -0.15) is 0 Å². The largest absolute Gasteiger partial charge is 0.352 e. The van der Waals surface area contributed by atoms with Crippen LogP contribution < -0.4 is 10.6 Å². The Bertz CT molecular complexity index is 877. The standard InChI is InChI=1S/C22H28ClN3O2S/c1-3-26(4-2)13-7-12-24-21(28)19-17-10-6-11-18(17)29-22(19)25-20(27)15-8-5-9-16(23)14-15/h5,8-9,14H,3-4,6-7,10-13H2,1-2H3,(H,24,28)(H,25,27). The van der Waals surface area contributed by atoms with Crippen LogP contribution >= 0.6 is 22.9 Å². The summed E-state index contributed by atoms with van der Waals surface area (Å²) < 4.78 is 0. The molecule has 1 aromatic heterocycles. The number of nitrogens with zero attached hydrogens (tertiary/aromatic N) is 1. The minimum atomic E-state index is -0.247. The zero-order chi connectivity index (χ0) is 20.8. The lowest BCUT2D eigenvalue weighted by molar-refractivity contribution is 0.0952. The molecule has 29 heavy (non-hydrogen) atoms. The van der Waals surface area contributed by atoms with Crippen molar-refractivity contribution in [3.63, 3.8) is 0 Å². The highest BCUT2D eigenvalue weighted by molar-refractivity contribution is 7.17. The molecule has 1 heterocycles. The van der Waals surface area contributed by atoms with E-state index in [0.29, 0.717) is 27.7 Å². The van der Waals surface area contributed by atoms with Crippen LogP contribution in [-0.4, -0.2) is 42.9 Å². The molecule has 2 N–H and O–H groups in total. The fourth-order valence-corrected chi connectivity index (χ4v) is 5.14. The van der Waals surface area contributed by atoms with Gasteiger partial charge in [0.2, 0.25) is 0 Å². The molecule has 1 aromatic carbocycles. The number of aryl methyl sites for hydroxylation is 1. The van der Waals surface area contributed by atoms with Crippen LogP contribution in [0.15, 0.2) is 24.3 Å². The number of nitrogens with one attached hydrogen (secondary N) is 2. The molecular formula is C22H28ClN3O2S. The highest BCUT2D eigenvalue weighted by Crippen LogP contribution is 2.39. The van der Waals surface area contributed by atoms with Gasteiger partial charge in [-0.05, 0) is 69.1 Å². The average Bonchev–Trinajstić information content (AvgIpc) is 3.28. The number of anilines is 1. The molecule has 1 aliphatic carbocycles. The maximum absolute atomic E-state index is 13.0. The second kappa shape index (κ2) is 10.2. The summed E-state index contributed by atoms with van der Waals surface area (Å²) >= 11 is 7.53. The number of carbonyl (C=O) groups excluding carboxylic acids is 2. The van der Waals surface area contributed by atoms with E-state index in [-0.39, 0.29) is 11.8 Å². The third-order valence-corrected chi connectivity index (χ3v) is 6.74. The number of fused-ring (bicyclic) bond motifs is 1. The monoisotopic (exact) mass is 433 g/mol. The van der Waals surface area contributed by atoms with E-state index in [4.69, 9.17) is 11.6 Å². The first-order valence-electron chi connectivity index (χ1n) is 10.3. The summed E-state index contributed by atoms with van der Waals surface area (Å²) in [6.45, 7) is 7.91. The fourth-order valence-electron chi connectivity index (χ4n) is 3.67. The van der Waals surface area contributed by atoms with Gasteiger partial charge in [-0.3, -0.25) is 9.59 Å². The Morgan fingerprint density at radius 3 is 2.69 bits per heavy atom. The summed E-state index contributed by atoms with van der Waals surface area (Å²) in [5.74, 6) is -0.339. The van der Waals surface area contributed by atoms with Crippen molar-refractivity contribution in [3.8, 4) is 0 Å². The van der Waals surface area contributed by atoms with Crippen LogP contribution in [0.3, 0.4) is 0 Å². The summed E-state index contributed by atoms with van der Waals surface area (Å²) in [5.41, 5.74) is 2.22. The molecule has 0 saturated heterocycles. The van der Waals surface area contributed by atoms with E-state index in [9.17, 15) is 9.59 Å². The molecule has 3 rings (SSSR count). The SMILES string of the molecule is CCN(CC)CCCNC(=O)c1c(NC(=O)c2cccc(Cl)c2)sc2c1CCC2. The quantitative estimate of drug-likeness (QED) is 0.568. The molecule has 0 bridgehead atoms. The average molecular weight is 434 g/mol. The molecule has 0 saturated carbocycles. The Morgan fingerprint density at radius 2 is 1.97 bits per heavy atom. The van der Waals surface area contributed by atoms with Gasteiger partial charge in [0.1, 0.15) is 5.00 Å². The van der Waals surface area contributed by atoms with E-state index >= 15 is 0 Å². The minimum absolute atomic E-state index is 0.0923. The van der Waals surface area contributed by atoms with Gasteiger partial charge in [0.15, 0.2) is 0 Å². The maximum atomic E-state index is 13.0. The van der Waals surface area contributed by atoms with E-state index in [1.165, 1.54) is 16.2 Å². The molecule has 7 heteroatoms. The van der Waals surface area contributed by atoms with Gasteiger partial charge in [-0.25, -0.2) is 0 Å².